The zero-order valence-corrected chi connectivity index (χ0v) is 15.5. The van der Waals surface area contributed by atoms with Gasteiger partial charge in [-0.1, -0.05) is 30.3 Å². The minimum absolute atomic E-state index is 0.253. The Kier molecular flexibility index (Phi) is 5.86. The summed E-state index contributed by atoms with van der Waals surface area (Å²) in [7, 11) is 1.11. The van der Waals surface area contributed by atoms with E-state index in [0.29, 0.717) is 5.69 Å². The molecule has 3 aromatic rings. The molecule has 1 N–H and O–H groups in total. The molecule has 1 unspecified atom stereocenters. The first-order valence-corrected chi connectivity index (χ1v) is 8.57. The summed E-state index contributed by atoms with van der Waals surface area (Å²) < 4.78 is 59.5. The van der Waals surface area contributed by atoms with Crippen molar-refractivity contribution < 1.29 is 31.9 Å². The molecular formula is C20H15F4N3O3. The summed E-state index contributed by atoms with van der Waals surface area (Å²) in [5.74, 6) is -2.70. The summed E-state index contributed by atoms with van der Waals surface area (Å²) in [5.41, 5.74) is -0.561. The van der Waals surface area contributed by atoms with E-state index in [1.54, 1.807) is 30.3 Å². The summed E-state index contributed by atoms with van der Waals surface area (Å²) in [6.07, 6.45) is -4.85. The van der Waals surface area contributed by atoms with E-state index in [-0.39, 0.29) is 17.0 Å². The van der Waals surface area contributed by atoms with Crippen LogP contribution >= 0.6 is 0 Å². The lowest BCUT2D eigenvalue weighted by molar-refractivity contribution is -0.155. The second-order valence-corrected chi connectivity index (χ2v) is 6.15. The van der Waals surface area contributed by atoms with Crippen LogP contribution in [0.25, 0.3) is 5.69 Å². The molecule has 1 aromatic heterocycles. The number of halogens is 4. The van der Waals surface area contributed by atoms with Crippen molar-refractivity contribution in [2.45, 2.75) is 12.2 Å². The van der Waals surface area contributed by atoms with Crippen LogP contribution < -0.4 is 5.32 Å². The van der Waals surface area contributed by atoms with Gasteiger partial charge in [-0.15, -0.1) is 0 Å². The van der Waals surface area contributed by atoms with Gasteiger partial charge in [0.2, 0.25) is 0 Å². The van der Waals surface area contributed by atoms with E-state index >= 15 is 0 Å². The second-order valence-electron chi connectivity index (χ2n) is 6.15. The van der Waals surface area contributed by atoms with E-state index in [1.165, 1.54) is 0 Å². The fourth-order valence-electron chi connectivity index (χ4n) is 2.73. The maximum Gasteiger partial charge on any atom is 0.412 e. The van der Waals surface area contributed by atoms with Gasteiger partial charge in [-0.25, -0.2) is 13.9 Å². The Morgan fingerprint density at radius 1 is 1.07 bits per heavy atom. The van der Waals surface area contributed by atoms with Gasteiger partial charge in [0.1, 0.15) is 11.5 Å². The molecule has 0 aliphatic rings. The lowest BCUT2D eigenvalue weighted by Crippen LogP contribution is -2.38. The quantitative estimate of drug-likeness (QED) is 0.502. The van der Waals surface area contributed by atoms with Gasteiger partial charge < -0.3 is 10.1 Å². The van der Waals surface area contributed by atoms with Crippen LogP contribution in [0.5, 0.6) is 0 Å². The Bertz CT molecular complexity index is 1050. The van der Waals surface area contributed by atoms with Crippen LogP contribution in [-0.4, -0.2) is 34.9 Å². The molecule has 0 radical (unpaired) electrons. The number of rotatable bonds is 5. The molecule has 2 aromatic carbocycles. The number of para-hydroxylation sites is 1. The first-order valence-electron chi connectivity index (χ1n) is 8.57. The summed E-state index contributed by atoms with van der Waals surface area (Å²) in [5, 5.41) is 5.87. The number of nitrogens with one attached hydrogen (secondary N) is 1. The molecule has 0 bridgehead atoms. The van der Waals surface area contributed by atoms with Crippen LogP contribution in [0.3, 0.4) is 0 Å². The Labute approximate surface area is 168 Å². The summed E-state index contributed by atoms with van der Waals surface area (Å²) in [6.45, 7) is 0. The van der Waals surface area contributed by atoms with Crippen molar-refractivity contribution in [2.24, 2.45) is 0 Å². The zero-order valence-electron chi connectivity index (χ0n) is 15.5. The SMILES string of the molecule is COC(=O)c1cc(C(=O)NC(c2ccc(F)cc2)C(F)(F)F)n(-c2ccccc2)n1. The van der Waals surface area contributed by atoms with Crippen molar-refractivity contribution in [1.82, 2.24) is 15.1 Å². The molecule has 1 heterocycles. The van der Waals surface area contributed by atoms with E-state index in [9.17, 15) is 27.2 Å². The van der Waals surface area contributed by atoms with Crippen LogP contribution in [-0.2, 0) is 4.74 Å². The molecule has 30 heavy (non-hydrogen) atoms. The first kappa shape index (κ1) is 21.0. The molecular weight excluding hydrogens is 406 g/mol. The molecule has 1 amide bonds. The highest BCUT2D eigenvalue weighted by Gasteiger charge is 2.42. The summed E-state index contributed by atoms with van der Waals surface area (Å²) in [4.78, 5) is 24.6. The first-order chi connectivity index (χ1) is 14.2. The highest BCUT2D eigenvalue weighted by atomic mass is 19.4. The van der Waals surface area contributed by atoms with Gasteiger partial charge in [-0.3, -0.25) is 4.79 Å². The average molecular weight is 421 g/mol. The standard InChI is InChI=1S/C20H15F4N3O3/c1-30-19(29)15-11-16(27(26-15)14-5-3-2-4-6-14)18(28)25-17(20(22,23)24)12-7-9-13(21)10-8-12/h2-11,17H,1H3,(H,25,28). The molecule has 0 saturated heterocycles. The van der Waals surface area contributed by atoms with Crippen molar-refractivity contribution in [1.29, 1.82) is 0 Å². The highest BCUT2D eigenvalue weighted by Crippen LogP contribution is 2.33. The number of esters is 1. The molecule has 6 nitrogen and oxygen atoms in total. The maximum atomic E-state index is 13.6. The number of carbonyl (C=O) groups excluding carboxylic acids is 2. The summed E-state index contributed by atoms with van der Waals surface area (Å²) in [6, 6.07) is 10.3. The molecule has 10 heteroatoms. The number of benzene rings is 2. The maximum absolute atomic E-state index is 13.6. The Hall–Kier alpha value is -3.69. The summed E-state index contributed by atoms with van der Waals surface area (Å²) >= 11 is 0. The van der Waals surface area contributed by atoms with Crippen molar-refractivity contribution in [3.8, 4) is 5.69 Å². The molecule has 1 atom stereocenters. The van der Waals surface area contributed by atoms with Crippen molar-refractivity contribution in [3.63, 3.8) is 0 Å². The van der Waals surface area contributed by atoms with Crippen molar-refractivity contribution in [3.05, 3.63) is 83.4 Å². The fraction of sp³-hybridized carbons (Fsp3) is 0.150. The number of methoxy groups -OCH3 is 1. The van der Waals surface area contributed by atoms with Crippen LogP contribution in [0.15, 0.2) is 60.7 Å². The number of hydrogen-bond donors (Lipinski definition) is 1. The number of aromatic nitrogens is 2. The van der Waals surface area contributed by atoms with E-state index < -0.39 is 29.9 Å². The van der Waals surface area contributed by atoms with E-state index in [4.69, 9.17) is 0 Å². The highest BCUT2D eigenvalue weighted by molar-refractivity contribution is 5.97. The fourth-order valence-corrected chi connectivity index (χ4v) is 2.73. The predicted molar refractivity (Wildman–Crippen MR) is 97.6 cm³/mol. The van der Waals surface area contributed by atoms with Crippen LogP contribution in [0.2, 0.25) is 0 Å². The minimum atomic E-state index is -4.85. The van der Waals surface area contributed by atoms with Gasteiger partial charge in [0.25, 0.3) is 5.91 Å². The Morgan fingerprint density at radius 3 is 2.27 bits per heavy atom. The number of nitrogens with zero attached hydrogens (tertiary/aromatic N) is 2. The molecule has 0 spiro atoms. The van der Waals surface area contributed by atoms with Gasteiger partial charge in [0, 0.05) is 6.07 Å². The third kappa shape index (κ3) is 4.48. The molecule has 0 aliphatic heterocycles. The largest absolute Gasteiger partial charge is 0.464 e. The molecule has 0 aliphatic carbocycles. The van der Waals surface area contributed by atoms with Crippen LogP contribution in [0, 0.1) is 5.82 Å². The number of hydrogen-bond acceptors (Lipinski definition) is 4. The Morgan fingerprint density at radius 2 is 1.70 bits per heavy atom. The smallest absolute Gasteiger partial charge is 0.412 e. The molecule has 0 fully saturated rings. The van der Waals surface area contributed by atoms with Gasteiger partial charge >= 0.3 is 12.1 Å². The van der Waals surface area contributed by atoms with Gasteiger partial charge in [0.05, 0.1) is 12.8 Å². The topological polar surface area (TPSA) is 73.2 Å². The normalized spacial score (nSPS) is 12.3. The lowest BCUT2D eigenvalue weighted by Gasteiger charge is -2.22. The van der Waals surface area contributed by atoms with Gasteiger partial charge in [-0.2, -0.15) is 18.3 Å². The Balaban J connectivity index is 2.01. The average Bonchev–Trinajstić information content (AvgIpc) is 3.17. The van der Waals surface area contributed by atoms with Crippen molar-refractivity contribution in [2.75, 3.05) is 7.11 Å². The third-order valence-corrected chi connectivity index (χ3v) is 4.14. The molecule has 0 saturated carbocycles. The van der Waals surface area contributed by atoms with Crippen molar-refractivity contribution >= 4 is 11.9 Å². The van der Waals surface area contributed by atoms with Crippen LogP contribution in [0.4, 0.5) is 17.6 Å². The monoisotopic (exact) mass is 421 g/mol. The van der Waals surface area contributed by atoms with E-state index in [2.05, 4.69) is 9.84 Å². The van der Waals surface area contributed by atoms with E-state index in [1.807, 2.05) is 5.32 Å². The predicted octanol–water partition coefficient (Wildman–Crippen LogP) is 3.83. The number of alkyl halides is 3. The zero-order chi connectivity index (χ0) is 21.9. The second kappa shape index (κ2) is 8.36. The van der Waals surface area contributed by atoms with Gasteiger partial charge in [0.15, 0.2) is 11.7 Å². The van der Waals surface area contributed by atoms with E-state index in [0.717, 1.165) is 42.1 Å². The minimum Gasteiger partial charge on any atom is -0.464 e. The number of ether oxygens (including phenoxy) is 1. The molecule has 3 rings (SSSR count). The number of carbonyl (C=O) groups is 2. The molecule has 156 valence electrons. The van der Waals surface area contributed by atoms with Crippen LogP contribution in [0.1, 0.15) is 32.6 Å². The van der Waals surface area contributed by atoms with Gasteiger partial charge in [-0.05, 0) is 29.8 Å². The number of amides is 1. The lowest BCUT2D eigenvalue weighted by atomic mass is 10.1. The third-order valence-electron chi connectivity index (χ3n) is 4.14.